The Kier molecular flexibility index (Phi) is 6.27. The van der Waals surface area contributed by atoms with Gasteiger partial charge in [0.2, 0.25) is 5.79 Å². The summed E-state index contributed by atoms with van der Waals surface area (Å²) in [4.78, 5) is 0. The van der Waals surface area contributed by atoms with Gasteiger partial charge in [0, 0.05) is 0 Å². The normalized spacial score (nSPS) is 50.3. The summed E-state index contributed by atoms with van der Waals surface area (Å²) in [5.74, 6) is -3.07. The Morgan fingerprint density at radius 1 is 0.931 bits per heavy atom. The standard InChI is InChI=1S/C11H17FO5.C6H11FO5/c1-9(2)13-5-11(17-9)7(12)6-8(16-11)15-10(3,4)14-6;7-3-4(9)2(1-8)12-6(11)5(3)10/h6-8H,5H2,1-4H3;2-6,8-11H,1H2/t6?,7-,8-,11-;2?,3-,4+,5?,6+/m00/s1. The van der Waals surface area contributed by atoms with E-state index in [1.807, 2.05) is 0 Å². The second kappa shape index (κ2) is 7.86. The maximum absolute atomic E-state index is 14.4. The number of hydrogen-bond acceptors (Lipinski definition) is 10. The van der Waals surface area contributed by atoms with E-state index in [-0.39, 0.29) is 6.61 Å². The molecular formula is C17H28F2O10. The van der Waals surface area contributed by atoms with E-state index in [0.717, 1.165) is 0 Å². The van der Waals surface area contributed by atoms with Gasteiger partial charge in [0.15, 0.2) is 36.5 Å². The molecule has 0 saturated carbocycles. The van der Waals surface area contributed by atoms with Crippen LogP contribution in [0.1, 0.15) is 27.7 Å². The molecule has 0 aromatic rings. The maximum atomic E-state index is 14.4. The van der Waals surface area contributed by atoms with Crippen LogP contribution >= 0.6 is 0 Å². The number of rotatable bonds is 1. The predicted octanol–water partition coefficient (Wildman–Crippen LogP) is -0.933. The summed E-state index contributed by atoms with van der Waals surface area (Å²) in [5, 5.41) is 35.2. The lowest BCUT2D eigenvalue weighted by molar-refractivity contribution is -0.310. The molecule has 4 rings (SSSR count). The molecule has 0 aliphatic carbocycles. The molecule has 170 valence electrons. The van der Waals surface area contributed by atoms with Crippen LogP contribution in [-0.4, -0.2) is 100 Å². The van der Waals surface area contributed by atoms with Crippen LogP contribution < -0.4 is 0 Å². The minimum atomic E-state index is -1.99. The highest BCUT2D eigenvalue weighted by molar-refractivity contribution is 5.01. The Morgan fingerprint density at radius 2 is 1.59 bits per heavy atom. The SMILES string of the molecule is CC1(C)OC2[C@@H](O1)O[C@]1(COC(C)(C)O1)[C@H]2F.OCC1O[C@@H](O)C(O)[C@@H](F)[C@@H]1O. The third-order valence-electron chi connectivity index (χ3n) is 4.97. The zero-order valence-corrected chi connectivity index (χ0v) is 16.5. The van der Waals surface area contributed by atoms with Crippen molar-refractivity contribution in [3.05, 3.63) is 0 Å². The molecule has 4 aliphatic rings. The summed E-state index contributed by atoms with van der Waals surface area (Å²) in [6, 6.07) is 0. The second-order valence-corrected chi connectivity index (χ2v) is 8.26. The average molecular weight is 430 g/mol. The number of alkyl halides is 2. The lowest BCUT2D eigenvalue weighted by Crippen LogP contribution is -2.56. The van der Waals surface area contributed by atoms with Crippen molar-refractivity contribution in [1.82, 2.24) is 0 Å². The molecule has 1 spiro atoms. The Morgan fingerprint density at radius 3 is 2.10 bits per heavy atom. The molecule has 4 fully saturated rings. The van der Waals surface area contributed by atoms with E-state index >= 15 is 0 Å². The summed E-state index contributed by atoms with van der Waals surface area (Å²) >= 11 is 0. The molecule has 12 heteroatoms. The van der Waals surface area contributed by atoms with Gasteiger partial charge in [0.05, 0.1) is 6.61 Å². The highest BCUT2D eigenvalue weighted by Crippen LogP contribution is 2.48. The highest BCUT2D eigenvalue weighted by Gasteiger charge is 2.67. The fourth-order valence-corrected chi connectivity index (χ4v) is 3.56. The second-order valence-electron chi connectivity index (χ2n) is 8.26. The van der Waals surface area contributed by atoms with E-state index in [4.69, 9.17) is 44.1 Å². The van der Waals surface area contributed by atoms with Gasteiger partial charge in [0.25, 0.3) is 0 Å². The molecular weight excluding hydrogens is 402 g/mol. The topological polar surface area (TPSA) is 136 Å². The Hall–Kier alpha value is -0.540. The smallest absolute Gasteiger partial charge is 0.231 e. The molecule has 0 radical (unpaired) electrons. The fraction of sp³-hybridized carbons (Fsp3) is 1.00. The Bertz CT molecular complexity index is 588. The molecule has 0 amide bonds. The van der Waals surface area contributed by atoms with Gasteiger partial charge < -0.3 is 48.8 Å². The number of halogens is 2. The molecule has 4 aliphatic heterocycles. The molecule has 3 unspecified atom stereocenters. The van der Waals surface area contributed by atoms with Crippen molar-refractivity contribution in [1.29, 1.82) is 0 Å². The first-order valence-corrected chi connectivity index (χ1v) is 9.27. The fourth-order valence-electron chi connectivity index (χ4n) is 3.56. The Labute approximate surface area is 166 Å². The number of aliphatic hydroxyl groups excluding tert-OH is 4. The van der Waals surface area contributed by atoms with Crippen molar-refractivity contribution in [2.45, 2.75) is 94.4 Å². The molecule has 29 heavy (non-hydrogen) atoms. The van der Waals surface area contributed by atoms with E-state index < -0.39 is 73.3 Å². The average Bonchev–Trinajstić information content (AvgIpc) is 3.19. The van der Waals surface area contributed by atoms with Crippen LogP contribution in [0.3, 0.4) is 0 Å². The summed E-state index contributed by atoms with van der Waals surface area (Å²) < 4.78 is 59.1. The van der Waals surface area contributed by atoms with Crippen molar-refractivity contribution >= 4 is 0 Å². The molecule has 10 nitrogen and oxygen atoms in total. The number of fused-ring (bicyclic) bond motifs is 1. The van der Waals surface area contributed by atoms with E-state index in [9.17, 15) is 8.78 Å². The van der Waals surface area contributed by atoms with Gasteiger partial charge in [-0.25, -0.2) is 8.78 Å². The van der Waals surface area contributed by atoms with Crippen molar-refractivity contribution in [3.8, 4) is 0 Å². The van der Waals surface area contributed by atoms with E-state index in [0.29, 0.717) is 0 Å². The van der Waals surface area contributed by atoms with Crippen LogP contribution in [0.5, 0.6) is 0 Å². The number of hydrogen-bond donors (Lipinski definition) is 4. The van der Waals surface area contributed by atoms with Gasteiger partial charge in [-0.3, -0.25) is 0 Å². The summed E-state index contributed by atoms with van der Waals surface area (Å²) in [7, 11) is 0. The van der Waals surface area contributed by atoms with Crippen molar-refractivity contribution in [2.75, 3.05) is 13.2 Å². The van der Waals surface area contributed by atoms with Crippen LogP contribution in [0.4, 0.5) is 8.78 Å². The van der Waals surface area contributed by atoms with Crippen molar-refractivity contribution in [3.63, 3.8) is 0 Å². The summed E-state index contributed by atoms with van der Waals surface area (Å²) in [6.07, 6.45) is -11.2. The van der Waals surface area contributed by atoms with Gasteiger partial charge in [-0.15, -0.1) is 0 Å². The van der Waals surface area contributed by atoms with E-state index in [1.54, 1.807) is 27.7 Å². The van der Waals surface area contributed by atoms with Crippen molar-refractivity contribution in [2.24, 2.45) is 0 Å². The van der Waals surface area contributed by atoms with Crippen LogP contribution in [0.2, 0.25) is 0 Å². The zero-order chi connectivity index (χ0) is 21.8. The monoisotopic (exact) mass is 430 g/mol. The Balaban J connectivity index is 0.000000177. The third-order valence-corrected chi connectivity index (χ3v) is 4.97. The van der Waals surface area contributed by atoms with Gasteiger partial charge in [-0.1, -0.05) is 0 Å². The molecule has 4 N–H and O–H groups in total. The highest BCUT2D eigenvalue weighted by atomic mass is 19.1. The molecule has 4 heterocycles. The number of aliphatic hydroxyl groups is 4. The summed E-state index contributed by atoms with van der Waals surface area (Å²) in [6.45, 7) is 6.33. The lowest BCUT2D eigenvalue weighted by Gasteiger charge is -2.36. The van der Waals surface area contributed by atoms with Crippen molar-refractivity contribution < 1.29 is 57.6 Å². The first kappa shape index (κ1) is 23.1. The van der Waals surface area contributed by atoms with E-state index in [1.165, 1.54) is 0 Å². The number of ether oxygens (including phenoxy) is 6. The van der Waals surface area contributed by atoms with E-state index in [2.05, 4.69) is 4.74 Å². The molecule has 0 aromatic carbocycles. The molecule has 4 saturated heterocycles. The maximum Gasteiger partial charge on any atom is 0.231 e. The van der Waals surface area contributed by atoms with Crippen LogP contribution in [-0.2, 0) is 28.4 Å². The molecule has 0 bridgehead atoms. The predicted molar refractivity (Wildman–Crippen MR) is 88.5 cm³/mol. The quantitative estimate of drug-likeness (QED) is 0.413. The first-order chi connectivity index (χ1) is 13.3. The lowest BCUT2D eigenvalue weighted by atomic mass is 10.0. The largest absolute Gasteiger partial charge is 0.394 e. The molecule has 0 aromatic heterocycles. The minimum Gasteiger partial charge on any atom is -0.394 e. The van der Waals surface area contributed by atoms with Crippen LogP contribution in [0.15, 0.2) is 0 Å². The van der Waals surface area contributed by atoms with Crippen LogP contribution in [0, 0.1) is 0 Å². The summed E-state index contributed by atoms with van der Waals surface area (Å²) in [5.41, 5.74) is 0. The van der Waals surface area contributed by atoms with Gasteiger partial charge >= 0.3 is 0 Å². The molecule has 9 atom stereocenters. The first-order valence-electron chi connectivity index (χ1n) is 9.27. The van der Waals surface area contributed by atoms with Gasteiger partial charge in [-0.05, 0) is 27.7 Å². The minimum absolute atomic E-state index is 0.0430. The zero-order valence-electron chi connectivity index (χ0n) is 16.5. The van der Waals surface area contributed by atoms with Gasteiger partial charge in [0.1, 0.15) is 31.0 Å². The van der Waals surface area contributed by atoms with Gasteiger partial charge in [-0.2, -0.15) is 0 Å². The van der Waals surface area contributed by atoms with Crippen LogP contribution in [0.25, 0.3) is 0 Å². The third kappa shape index (κ3) is 4.42.